The second kappa shape index (κ2) is 6.52. The molecule has 1 aromatic carbocycles. The maximum absolute atomic E-state index is 6.36. The van der Waals surface area contributed by atoms with E-state index in [1.807, 2.05) is 12.1 Å². The normalized spacial score (nSPS) is 34.9. The monoisotopic (exact) mass is 290 g/mol. The van der Waals surface area contributed by atoms with Crippen molar-refractivity contribution in [2.24, 2.45) is 17.8 Å². The first-order valence-electron chi connectivity index (χ1n) is 8.48. The maximum Gasteiger partial charge on any atom is 0.0440 e. The van der Waals surface area contributed by atoms with Crippen LogP contribution in [-0.4, -0.2) is 0 Å². The van der Waals surface area contributed by atoms with Crippen molar-refractivity contribution < 1.29 is 0 Å². The molecule has 0 heterocycles. The van der Waals surface area contributed by atoms with Gasteiger partial charge in [0.15, 0.2) is 0 Å². The first kappa shape index (κ1) is 14.4. The highest BCUT2D eigenvalue weighted by atomic mass is 35.5. The molecule has 0 spiro atoms. The van der Waals surface area contributed by atoms with Gasteiger partial charge in [-0.3, -0.25) is 0 Å². The molecule has 0 N–H and O–H groups in total. The molecular formula is C19H27Cl. The Hall–Kier alpha value is -0.490. The lowest BCUT2D eigenvalue weighted by molar-refractivity contribution is 0.165. The van der Waals surface area contributed by atoms with E-state index in [-0.39, 0.29) is 0 Å². The summed E-state index contributed by atoms with van der Waals surface area (Å²) >= 11 is 6.36. The fourth-order valence-corrected chi connectivity index (χ4v) is 4.76. The van der Waals surface area contributed by atoms with Crippen LogP contribution in [0.5, 0.6) is 0 Å². The van der Waals surface area contributed by atoms with Crippen LogP contribution in [-0.2, 0) is 0 Å². The summed E-state index contributed by atoms with van der Waals surface area (Å²) < 4.78 is 0. The van der Waals surface area contributed by atoms with Crippen LogP contribution in [0.3, 0.4) is 0 Å². The van der Waals surface area contributed by atoms with E-state index in [9.17, 15) is 0 Å². The van der Waals surface area contributed by atoms with Crippen molar-refractivity contribution >= 4 is 11.6 Å². The van der Waals surface area contributed by atoms with Gasteiger partial charge in [0.1, 0.15) is 0 Å². The zero-order valence-electron chi connectivity index (χ0n) is 12.7. The van der Waals surface area contributed by atoms with Crippen LogP contribution in [0.2, 0.25) is 5.02 Å². The van der Waals surface area contributed by atoms with Crippen molar-refractivity contribution in [3.05, 3.63) is 34.9 Å². The molecule has 0 aromatic heterocycles. The van der Waals surface area contributed by atoms with Crippen molar-refractivity contribution in [2.45, 2.75) is 64.2 Å². The molecular weight excluding hydrogens is 264 g/mol. The number of hydrogen-bond donors (Lipinski definition) is 0. The minimum absolute atomic E-state index is 0.711. The molecule has 2 fully saturated rings. The Morgan fingerprint density at radius 2 is 1.35 bits per heavy atom. The summed E-state index contributed by atoms with van der Waals surface area (Å²) in [6.07, 6.45) is 11.5. The molecule has 1 heteroatoms. The predicted molar refractivity (Wildman–Crippen MR) is 87.3 cm³/mol. The van der Waals surface area contributed by atoms with Crippen LogP contribution < -0.4 is 0 Å². The molecule has 0 radical (unpaired) electrons. The first-order chi connectivity index (χ1) is 9.74. The third kappa shape index (κ3) is 3.22. The summed E-state index contributed by atoms with van der Waals surface area (Å²) in [5, 5.41) is 0.974. The highest BCUT2D eigenvalue weighted by Gasteiger charge is 2.30. The van der Waals surface area contributed by atoms with Gasteiger partial charge in [0.05, 0.1) is 0 Å². The fraction of sp³-hybridized carbons (Fsp3) is 0.684. The van der Waals surface area contributed by atoms with Crippen LogP contribution >= 0.6 is 11.6 Å². The summed E-state index contributed by atoms with van der Waals surface area (Å²) in [5.41, 5.74) is 1.39. The molecule has 0 saturated heterocycles. The summed E-state index contributed by atoms with van der Waals surface area (Å²) in [4.78, 5) is 0. The van der Waals surface area contributed by atoms with Gasteiger partial charge in [-0.15, -0.1) is 0 Å². The second-order valence-corrected chi connectivity index (χ2v) is 7.56. The van der Waals surface area contributed by atoms with Gasteiger partial charge in [0.2, 0.25) is 0 Å². The van der Waals surface area contributed by atoms with E-state index in [0.717, 1.165) is 22.8 Å². The lowest BCUT2D eigenvalue weighted by Gasteiger charge is -2.37. The second-order valence-electron chi connectivity index (χ2n) is 7.15. The van der Waals surface area contributed by atoms with E-state index in [4.69, 9.17) is 11.6 Å². The van der Waals surface area contributed by atoms with Gasteiger partial charge in [-0.05, 0) is 73.8 Å². The topological polar surface area (TPSA) is 0 Å². The van der Waals surface area contributed by atoms with Crippen LogP contribution in [0.15, 0.2) is 24.3 Å². The summed E-state index contributed by atoms with van der Waals surface area (Å²) in [7, 11) is 0. The van der Waals surface area contributed by atoms with Gasteiger partial charge in [0.25, 0.3) is 0 Å². The molecule has 1 aromatic rings. The van der Waals surface area contributed by atoms with Gasteiger partial charge in [-0.2, -0.15) is 0 Å². The highest BCUT2D eigenvalue weighted by molar-refractivity contribution is 6.31. The fourth-order valence-electron chi connectivity index (χ4n) is 4.47. The molecule has 0 bridgehead atoms. The molecule has 0 unspecified atom stereocenters. The van der Waals surface area contributed by atoms with Crippen molar-refractivity contribution in [3.8, 4) is 0 Å². The van der Waals surface area contributed by atoms with Crippen molar-refractivity contribution in [1.29, 1.82) is 0 Å². The Morgan fingerprint density at radius 1 is 0.800 bits per heavy atom. The third-order valence-electron chi connectivity index (χ3n) is 5.84. The van der Waals surface area contributed by atoms with E-state index < -0.39 is 0 Å². The SMILES string of the molecule is CC1CCC(C2CCC(c3ccccc3Cl)CC2)CC1. The molecule has 0 nitrogen and oxygen atoms in total. The van der Waals surface area contributed by atoms with E-state index in [0.29, 0.717) is 5.92 Å². The van der Waals surface area contributed by atoms with Crippen molar-refractivity contribution in [2.75, 3.05) is 0 Å². The third-order valence-corrected chi connectivity index (χ3v) is 6.19. The maximum atomic E-state index is 6.36. The van der Waals surface area contributed by atoms with Gasteiger partial charge in [0, 0.05) is 5.02 Å². The number of hydrogen-bond acceptors (Lipinski definition) is 0. The van der Waals surface area contributed by atoms with Gasteiger partial charge in [-0.1, -0.05) is 49.6 Å². The quantitative estimate of drug-likeness (QED) is 0.588. The Bertz CT molecular complexity index is 423. The average molecular weight is 291 g/mol. The Balaban J connectivity index is 1.56. The van der Waals surface area contributed by atoms with E-state index in [2.05, 4.69) is 19.1 Å². The van der Waals surface area contributed by atoms with Crippen molar-refractivity contribution in [1.82, 2.24) is 0 Å². The van der Waals surface area contributed by atoms with Crippen molar-refractivity contribution in [3.63, 3.8) is 0 Å². The molecule has 110 valence electrons. The Labute approximate surface area is 128 Å². The lowest BCUT2D eigenvalue weighted by Crippen LogP contribution is -2.24. The predicted octanol–water partition coefficient (Wildman–Crippen LogP) is 6.44. The minimum Gasteiger partial charge on any atom is -0.0840 e. The van der Waals surface area contributed by atoms with Gasteiger partial charge in [-0.25, -0.2) is 0 Å². The zero-order chi connectivity index (χ0) is 13.9. The average Bonchev–Trinajstić information content (AvgIpc) is 2.49. The summed E-state index contributed by atoms with van der Waals surface area (Å²) in [6, 6.07) is 8.46. The smallest absolute Gasteiger partial charge is 0.0440 e. The van der Waals surface area contributed by atoms with Gasteiger partial charge < -0.3 is 0 Å². The molecule has 2 aliphatic rings. The highest BCUT2D eigenvalue weighted by Crippen LogP contribution is 2.44. The van der Waals surface area contributed by atoms with E-state index >= 15 is 0 Å². The Morgan fingerprint density at radius 3 is 1.95 bits per heavy atom. The molecule has 0 atom stereocenters. The molecule has 20 heavy (non-hydrogen) atoms. The number of rotatable bonds is 2. The number of halogens is 1. The van der Waals surface area contributed by atoms with Crippen LogP contribution in [0, 0.1) is 17.8 Å². The molecule has 0 aliphatic heterocycles. The summed E-state index contributed by atoms with van der Waals surface area (Å²) in [5.74, 6) is 3.72. The first-order valence-corrected chi connectivity index (χ1v) is 8.86. The minimum atomic E-state index is 0.711. The van der Waals surface area contributed by atoms with E-state index in [1.165, 1.54) is 56.9 Å². The zero-order valence-corrected chi connectivity index (χ0v) is 13.4. The summed E-state index contributed by atoms with van der Waals surface area (Å²) in [6.45, 7) is 2.42. The van der Waals surface area contributed by atoms with Crippen LogP contribution in [0.4, 0.5) is 0 Å². The molecule has 3 rings (SSSR count). The molecule has 0 amide bonds. The molecule has 2 aliphatic carbocycles. The van der Waals surface area contributed by atoms with Crippen LogP contribution in [0.25, 0.3) is 0 Å². The van der Waals surface area contributed by atoms with E-state index in [1.54, 1.807) is 0 Å². The molecule has 2 saturated carbocycles. The lowest BCUT2D eigenvalue weighted by atomic mass is 9.68. The number of benzene rings is 1. The Kier molecular flexibility index (Phi) is 4.71. The standard InChI is InChI=1S/C19H27Cl/c1-14-6-8-15(9-7-14)16-10-12-17(13-11-16)18-4-2-3-5-19(18)20/h2-5,14-17H,6-13H2,1H3. The largest absolute Gasteiger partial charge is 0.0840 e. The van der Waals surface area contributed by atoms with Gasteiger partial charge >= 0.3 is 0 Å². The van der Waals surface area contributed by atoms with Crippen LogP contribution in [0.1, 0.15) is 69.8 Å².